The molecule has 7 rings (SSSR count). The van der Waals surface area contributed by atoms with Gasteiger partial charge < -0.3 is 19.1 Å². The summed E-state index contributed by atoms with van der Waals surface area (Å²) in [7, 11) is 0. The van der Waals surface area contributed by atoms with Gasteiger partial charge in [0.25, 0.3) is 0 Å². The van der Waals surface area contributed by atoms with Crippen molar-refractivity contribution in [2.45, 2.75) is 57.4 Å². The third-order valence-electron chi connectivity index (χ3n) is 8.61. The third kappa shape index (κ3) is 5.23. The van der Waals surface area contributed by atoms with E-state index in [0.29, 0.717) is 24.9 Å². The number of carboxylic acids is 1. The quantitative estimate of drug-likeness (QED) is 0.263. The maximum atomic E-state index is 11.7. The van der Waals surface area contributed by atoms with Crippen molar-refractivity contribution in [1.29, 1.82) is 0 Å². The van der Waals surface area contributed by atoms with E-state index < -0.39 is 5.97 Å². The zero-order chi connectivity index (χ0) is 28.6. The van der Waals surface area contributed by atoms with Crippen molar-refractivity contribution in [3.63, 3.8) is 0 Å². The van der Waals surface area contributed by atoms with E-state index in [1.807, 2.05) is 53.2 Å². The Hall–Kier alpha value is -4.28. The minimum Gasteiger partial charge on any atom is -0.478 e. The molecular weight excluding hydrogens is 532 g/mol. The lowest BCUT2D eigenvalue weighted by Gasteiger charge is -2.36. The van der Waals surface area contributed by atoms with Crippen LogP contribution in [0.25, 0.3) is 16.6 Å². The Morgan fingerprint density at radius 2 is 1.93 bits per heavy atom. The highest BCUT2D eigenvalue weighted by atomic mass is 16.5. The van der Waals surface area contributed by atoms with Gasteiger partial charge in [0.15, 0.2) is 0 Å². The summed E-state index contributed by atoms with van der Waals surface area (Å²) in [6.45, 7) is 5.86. The summed E-state index contributed by atoms with van der Waals surface area (Å²) in [5.74, 6) is 1.00. The first-order chi connectivity index (χ1) is 20.5. The molecule has 5 aromatic rings. The van der Waals surface area contributed by atoms with Crippen LogP contribution in [0.15, 0.2) is 66.9 Å². The Balaban J connectivity index is 1.03. The lowest BCUT2D eigenvalue weighted by Crippen LogP contribution is -2.37. The first kappa shape index (κ1) is 26.6. The second-order valence-corrected chi connectivity index (χ2v) is 11.3. The molecule has 2 saturated heterocycles. The molecule has 42 heavy (non-hydrogen) atoms. The highest BCUT2D eigenvalue weighted by Crippen LogP contribution is 2.34. The van der Waals surface area contributed by atoms with Crippen molar-refractivity contribution in [2.75, 3.05) is 19.7 Å². The number of fused-ring (bicyclic) bond motifs is 2. The van der Waals surface area contributed by atoms with Gasteiger partial charge in [-0.15, -0.1) is 0 Å². The van der Waals surface area contributed by atoms with Gasteiger partial charge in [-0.25, -0.2) is 19.3 Å². The number of ether oxygens (including phenoxy) is 2. The van der Waals surface area contributed by atoms with Crippen LogP contribution in [0.3, 0.4) is 0 Å². The summed E-state index contributed by atoms with van der Waals surface area (Å²) < 4.78 is 15.8. The number of benzene rings is 1. The molecule has 1 N–H and O–H groups in total. The van der Waals surface area contributed by atoms with Gasteiger partial charge in [0.1, 0.15) is 18.1 Å². The second kappa shape index (κ2) is 11.2. The van der Waals surface area contributed by atoms with Crippen molar-refractivity contribution >= 4 is 22.5 Å². The molecule has 2 atom stereocenters. The zero-order valence-corrected chi connectivity index (χ0v) is 23.6. The average molecular weight is 567 g/mol. The van der Waals surface area contributed by atoms with Gasteiger partial charge in [-0.05, 0) is 81.7 Å². The molecule has 10 nitrogen and oxygen atoms in total. The number of hydrogen-bond donors (Lipinski definition) is 1. The Morgan fingerprint density at radius 3 is 2.69 bits per heavy atom. The molecule has 1 aromatic carbocycles. The molecule has 2 unspecified atom stereocenters. The molecule has 0 bridgehead atoms. The van der Waals surface area contributed by atoms with Crippen molar-refractivity contribution in [1.82, 2.24) is 29.0 Å². The summed E-state index contributed by atoms with van der Waals surface area (Å²) in [6, 6.07) is 19.3. The van der Waals surface area contributed by atoms with Crippen molar-refractivity contribution < 1.29 is 19.4 Å². The normalized spacial score (nSPS) is 18.7. The van der Waals surface area contributed by atoms with Crippen LogP contribution in [0.2, 0.25) is 0 Å². The van der Waals surface area contributed by atoms with Gasteiger partial charge in [0, 0.05) is 30.5 Å². The molecule has 216 valence electrons. The predicted octanol–water partition coefficient (Wildman–Crippen LogP) is 5.09. The summed E-state index contributed by atoms with van der Waals surface area (Å²) in [4.78, 5) is 24.0. The minimum atomic E-state index is -0.931. The van der Waals surface area contributed by atoms with Crippen molar-refractivity contribution in [3.8, 4) is 5.88 Å². The number of aromatic nitrogens is 5. The molecule has 0 saturated carbocycles. The second-order valence-electron chi connectivity index (χ2n) is 11.3. The first-order valence-corrected chi connectivity index (χ1v) is 14.6. The lowest BCUT2D eigenvalue weighted by molar-refractivity contribution is -0.0594. The summed E-state index contributed by atoms with van der Waals surface area (Å²) in [6.07, 6.45) is 5.05. The molecular formula is C32H34N6O4. The number of hydrogen-bond acceptors (Lipinski definition) is 7. The van der Waals surface area contributed by atoms with E-state index in [4.69, 9.17) is 19.4 Å². The number of pyridine rings is 2. The van der Waals surface area contributed by atoms with E-state index >= 15 is 0 Å². The molecule has 0 spiro atoms. The van der Waals surface area contributed by atoms with Gasteiger partial charge in [-0.1, -0.05) is 12.1 Å². The number of rotatable bonds is 9. The van der Waals surface area contributed by atoms with Crippen LogP contribution >= 0.6 is 0 Å². The van der Waals surface area contributed by atoms with Crippen molar-refractivity contribution in [2.24, 2.45) is 0 Å². The molecule has 4 aromatic heterocycles. The maximum Gasteiger partial charge on any atom is 0.335 e. The number of aromatic carboxylic acids is 1. The number of imidazole rings is 1. The van der Waals surface area contributed by atoms with Gasteiger partial charge in [0.05, 0.1) is 40.8 Å². The highest BCUT2D eigenvalue weighted by Gasteiger charge is 2.30. The van der Waals surface area contributed by atoms with E-state index in [1.54, 1.807) is 12.1 Å². The third-order valence-corrected chi connectivity index (χ3v) is 8.61. The van der Waals surface area contributed by atoms with Crippen molar-refractivity contribution in [3.05, 3.63) is 89.6 Å². The number of carboxylic acid groups (broad SMARTS) is 1. The van der Waals surface area contributed by atoms with Crippen LogP contribution in [0.5, 0.6) is 5.88 Å². The van der Waals surface area contributed by atoms with E-state index in [-0.39, 0.29) is 17.7 Å². The summed E-state index contributed by atoms with van der Waals surface area (Å²) in [5, 5.41) is 14.1. The Morgan fingerprint density at radius 1 is 1.07 bits per heavy atom. The van der Waals surface area contributed by atoms with E-state index in [0.717, 1.165) is 72.7 Å². The van der Waals surface area contributed by atoms with Gasteiger partial charge in [-0.2, -0.15) is 5.10 Å². The van der Waals surface area contributed by atoms with Crippen LogP contribution < -0.4 is 4.74 Å². The topological polar surface area (TPSA) is 107 Å². The van der Waals surface area contributed by atoms with E-state index in [2.05, 4.69) is 27.6 Å². The summed E-state index contributed by atoms with van der Waals surface area (Å²) in [5.41, 5.74) is 4.91. The van der Waals surface area contributed by atoms with Crippen LogP contribution in [0.1, 0.15) is 65.7 Å². The van der Waals surface area contributed by atoms with Crippen LogP contribution in [0, 0.1) is 0 Å². The molecule has 0 aliphatic carbocycles. The average Bonchev–Trinajstić information content (AvgIpc) is 3.58. The molecule has 6 heterocycles. The first-order valence-electron chi connectivity index (χ1n) is 14.6. The van der Waals surface area contributed by atoms with Crippen LogP contribution in [-0.2, 0) is 17.9 Å². The van der Waals surface area contributed by atoms with Gasteiger partial charge in [0.2, 0.25) is 5.88 Å². The molecule has 10 heteroatoms. The molecule has 2 aliphatic heterocycles. The number of nitrogens with zero attached hydrogens (tertiary/aromatic N) is 6. The zero-order valence-electron chi connectivity index (χ0n) is 23.6. The predicted molar refractivity (Wildman–Crippen MR) is 157 cm³/mol. The lowest BCUT2D eigenvalue weighted by atomic mass is 9.92. The van der Waals surface area contributed by atoms with E-state index in [9.17, 15) is 9.90 Å². The monoisotopic (exact) mass is 566 g/mol. The highest BCUT2D eigenvalue weighted by molar-refractivity contribution is 5.92. The molecule has 0 radical (unpaired) electrons. The standard InChI is InChI=1S/C32H34N6O4/c1-21(31-34-28-9-8-23(32(39)40)17-29(28)37(31)19-26-12-16-41-26)36-14-10-22(11-15-36)27-6-4-7-30(33-27)42-20-24-18-25-5-2-3-13-38(25)35-24/h2-9,13,17-18,21-22,26H,10-12,14-16,19-20H2,1H3,(H,39,40). The fraction of sp³-hybridized carbons (Fsp3) is 0.375. The Kier molecular flexibility index (Phi) is 7.09. The largest absolute Gasteiger partial charge is 0.478 e. The fourth-order valence-electron chi connectivity index (χ4n) is 6.11. The van der Waals surface area contributed by atoms with E-state index in [1.165, 1.54) is 0 Å². The van der Waals surface area contributed by atoms with Gasteiger partial charge in [-0.3, -0.25) is 4.90 Å². The van der Waals surface area contributed by atoms with Crippen LogP contribution in [0.4, 0.5) is 0 Å². The molecule has 0 amide bonds. The Bertz CT molecular complexity index is 1700. The number of carbonyl (C=O) groups is 1. The fourth-order valence-corrected chi connectivity index (χ4v) is 6.11. The Labute approximate surface area is 243 Å². The van der Waals surface area contributed by atoms with Gasteiger partial charge >= 0.3 is 5.97 Å². The number of piperidine rings is 1. The number of likely N-dealkylation sites (tertiary alicyclic amines) is 1. The smallest absolute Gasteiger partial charge is 0.335 e. The van der Waals surface area contributed by atoms with Crippen LogP contribution in [-0.4, -0.2) is 65.9 Å². The maximum absolute atomic E-state index is 11.7. The SMILES string of the molecule is CC(c1nc2ccc(C(=O)O)cc2n1CC1CCO1)N1CCC(c2cccc(OCc3cc4ccccn4n3)n2)CC1. The molecule has 2 fully saturated rings. The molecule has 2 aliphatic rings. The summed E-state index contributed by atoms with van der Waals surface area (Å²) >= 11 is 0. The minimum absolute atomic E-state index is 0.0831.